The Morgan fingerprint density at radius 3 is 2.81 bits per heavy atom. The van der Waals surface area contributed by atoms with Gasteiger partial charge in [0.1, 0.15) is 0 Å². The van der Waals surface area contributed by atoms with E-state index in [0.717, 1.165) is 29.4 Å². The summed E-state index contributed by atoms with van der Waals surface area (Å²) < 4.78 is 0.953. The molecule has 0 heterocycles. The average molecular weight is 284 g/mol. The maximum atomic E-state index is 11.9. The molecule has 0 saturated carbocycles. The lowest BCUT2D eigenvalue weighted by molar-refractivity contribution is 0.0945. The van der Waals surface area contributed by atoms with Crippen LogP contribution >= 0.6 is 15.9 Å². The fourth-order valence-corrected chi connectivity index (χ4v) is 1.90. The molecule has 0 bridgehead atoms. The maximum Gasteiger partial charge on any atom is 0.176 e. The van der Waals surface area contributed by atoms with Gasteiger partial charge in [0, 0.05) is 10.0 Å². The van der Waals surface area contributed by atoms with E-state index in [1.54, 1.807) is 0 Å². The Bertz CT molecular complexity index is 352. The van der Waals surface area contributed by atoms with Crippen LogP contribution in [-0.4, -0.2) is 30.8 Å². The molecule has 1 aromatic rings. The molecule has 1 rings (SSSR count). The van der Waals surface area contributed by atoms with E-state index in [4.69, 9.17) is 0 Å². The zero-order valence-electron chi connectivity index (χ0n) is 9.87. The van der Waals surface area contributed by atoms with Crippen molar-refractivity contribution in [1.82, 2.24) is 4.90 Å². The molecule has 0 aromatic heterocycles. The van der Waals surface area contributed by atoms with Gasteiger partial charge in [-0.2, -0.15) is 0 Å². The van der Waals surface area contributed by atoms with Gasteiger partial charge in [-0.15, -0.1) is 0 Å². The highest BCUT2D eigenvalue weighted by atomic mass is 79.9. The summed E-state index contributed by atoms with van der Waals surface area (Å²) in [6.45, 7) is 3.64. The second-order valence-corrected chi connectivity index (χ2v) is 4.94. The van der Waals surface area contributed by atoms with Crippen LogP contribution in [0.4, 0.5) is 0 Å². The number of unbranched alkanes of at least 4 members (excludes halogenated alkanes) is 1. The number of rotatable bonds is 6. The monoisotopic (exact) mass is 283 g/mol. The first kappa shape index (κ1) is 13.4. The van der Waals surface area contributed by atoms with Crippen molar-refractivity contribution in [1.29, 1.82) is 0 Å². The van der Waals surface area contributed by atoms with Crippen LogP contribution in [0.2, 0.25) is 0 Å². The molecule has 0 saturated heterocycles. The van der Waals surface area contributed by atoms with Gasteiger partial charge < -0.3 is 0 Å². The van der Waals surface area contributed by atoms with Crippen LogP contribution in [0.25, 0.3) is 0 Å². The molecule has 1 aromatic carbocycles. The molecule has 0 aliphatic rings. The molecule has 16 heavy (non-hydrogen) atoms. The van der Waals surface area contributed by atoms with Gasteiger partial charge in [-0.25, -0.2) is 0 Å². The Morgan fingerprint density at radius 2 is 2.19 bits per heavy atom. The third-order valence-corrected chi connectivity index (χ3v) is 2.95. The van der Waals surface area contributed by atoms with Crippen LogP contribution < -0.4 is 0 Å². The molecule has 2 nitrogen and oxygen atoms in total. The summed E-state index contributed by atoms with van der Waals surface area (Å²) in [7, 11) is 1.99. The van der Waals surface area contributed by atoms with Gasteiger partial charge in [0.05, 0.1) is 6.54 Å². The molecular weight excluding hydrogens is 266 g/mol. The molecule has 0 aliphatic carbocycles. The van der Waals surface area contributed by atoms with Crippen molar-refractivity contribution in [2.75, 3.05) is 20.1 Å². The van der Waals surface area contributed by atoms with E-state index in [1.165, 1.54) is 0 Å². The molecule has 3 heteroatoms. The fourth-order valence-electron chi connectivity index (χ4n) is 1.51. The first-order chi connectivity index (χ1) is 7.63. The van der Waals surface area contributed by atoms with E-state index in [1.807, 2.05) is 31.3 Å². The second-order valence-electron chi connectivity index (χ2n) is 4.02. The number of halogens is 1. The van der Waals surface area contributed by atoms with E-state index in [0.29, 0.717) is 6.54 Å². The lowest BCUT2D eigenvalue weighted by atomic mass is 10.1. The Labute approximate surface area is 106 Å². The van der Waals surface area contributed by atoms with Crippen molar-refractivity contribution in [2.24, 2.45) is 0 Å². The molecular formula is C13H18BrNO. The Hall–Kier alpha value is -0.670. The number of Topliss-reactive ketones (excluding diaryl/α,β-unsaturated/α-hetero) is 1. The summed E-state index contributed by atoms with van der Waals surface area (Å²) in [5, 5.41) is 0. The van der Waals surface area contributed by atoms with Crippen LogP contribution in [0.15, 0.2) is 28.7 Å². The van der Waals surface area contributed by atoms with Crippen LogP contribution in [0.3, 0.4) is 0 Å². The number of carbonyl (C=O) groups is 1. The summed E-state index contributed by atoms with van der Waals surface area (Å²) in [5.74, 6) is 0.180. The molecule has 0 aliphatic heterocycles. The first-order valence-electron chi connectivity index (χ1n) is 5.60. The average Bonchev–Trinajstić information content (AvgIpc) is 2.26. The van der Waals surface area contributed by atoms with Crippen molar-refractivity contribution < 1.29 is 4.79 Å². The second kappa shape index (κ2) is 6.81. The first-order valence-corrected chi connectivity index (χ1v) is 6.40. The third kappa shape index (κ3) is 4.45. The van der Waals surface area contributed by atoms with E-state index in [2.05, 4.69) is 27.8 Å². The normalized spacial score (nSPS) is 10.8. The standard InChI is InChI=1S/C13H18BrNO/c1-3-4-8-15(2)10-13(16)11-6-5-7-12(14)9-11/h5-7,9H,3-4,8,10H2,1-2H3. The predicted octanol–water partition coefficient (Wildman–Crippen LogP) is 3.36. The number of benzene rings is 1. The predicted molar refractivity (Wildman–Crippen MR) is 70.9 cm³/mol. The SMILES string of the molecule is CCCCN(C)CC(=O)c1cccc(Br)c1. The van der Waals surface area contributed by atoms with E-state index >= 15 is 0 Å². The summed E-state index contributed by atoms with van der Waals surface area (Å²) in [6, 6.07) is 7.55. The highest BCUT2D eigenvalue weighted by molar-refractivity contribution is 9.10. The molecule has 88 valence electrons. The van der Waals surface area contributed by atoms with Crippen LogP contribution in [0.5, 0.6) is 0 Å². The number of likely N-dealkylation sites (N-methyl/N-ethyl adjacent to an activating group) is 1. The minimum atomic E-state index is 0.180. The number of ketones is 1. The third-order valence-electron chi connectivity index (χ3n) is 2.45. The van der Waals surface area contributed by atoms with Crippen molar-refractivity contribution in [3.8, 4) is 0 Å². The lowest BCUT2D eigenvalue weighted by Crippen LogP contribution is -2.26. The maximum absolute atomic E-state index is 11.9. The Kier molecular flexibility index (Phi) is 5.71. The van der Waals surface area contributed by atoms with Gasteiger partial charge in [0.2, 0.25) is 0 Å². The molecule has 0 unspecified atom stereocenters. The lowest BCUT2D eigenvalue weighted by Gasteiger charge is -2.14. The van der Waals surface area contributed by atoms with Crippen molar-refractivity contribution in [3.63, 3.8) is 0 Å². The van der Waals surface area contributed by atoms with E-state index in [-0.39, 0.29) is 5.78 Å². The minimum Gasteiger partial charge on any atom is -0.299 e. The van der Waals surface area contributed by atoms with Gasteiger partial charge >= 0.3 is 0 Å². The summed E-state index contributed by atoms with van der Waals surface area (Å²) in [5.41, 5.74) is 0.776. The number of hydrogen-bond donors (Lipinski definition) is 0. The minimum absolute atomic E-state index is 0.180. The molecule has 0 N–H and O–H groups in total. The Balaban J connectivity index is 2.52. The molecule has 0 fully saturated rings. The molecule has 0 amide bonds. The number of hydrogen-bond acceptors (Lipinski definition) is 2. The molecule has 0 radical (unpaired) electrons. The van der Waals surface area contributed by atoms with Crippen molar-refractivity contribution in [2.45, 2.75) is 19.8 Å². The highest BCUT2D eigenvalue weighted by Gasteiger charge is 2.08. The molecule has 0 atom stereocenters. The van der Waals surface area contributed by atoms with E-state index < -0.39 is 0 Å². The highest BCUT2D eigenvalue weighted by Crippen LogP contribution is 2.12. The Morgan fingerprint density at radius 1 is 1.44 bits per heavy atom. The molecule has 0 spiro atoms. The van der Waals surface area contributed by atoms with Gasteiger partial charge in [-0.05, 0) is 32.1 Å². The topological polar surface area (TPSA) is 20.3 Å². The van der Waals surface area contributed by atoms with Gasteiger partial charge in [0.25, 0.3) is 0 Å². The summed E-state index contributed by atoms with van der Waals surface area (Å²) in [4.78, 5) is 14.0. The summed E-state index contributed by atoms with van der Waals surface area (Å²) >= 11 is 3.37. The zero-order valence-corrected chi connectivity index (χ0v) is 11.5. The van der Waals surface area contributed by atoms with Crippen molar-refractivity contribution in [3.05, 3.63) is 34.3 Å². The zero-order chi connectivity index (χ0) is 12.0. The largest absolute Gasteiger partial charge is 0.299 e. The fraction of sp³-hybridized carbons (Fsp3) is 0.462. The van der Waals surface area contributed by atoms with Gasteiger partial charge in [-0.1, -0.05) is 41.4 Å². The smallest absolute Gasteiger partial charge is 0.176 e. The summed E-state index contributed by atoms with van der Waals surface area (Å²) in [6.07, 6.45) is 2.30. The quantitative estimate of drug-likeness (QED) is 0.746. The van der Waals surface area contributed by atoms with Crippen molar-refractivity contribution >= 4 is 21.7 Å². The van der Waals surface area contributed by atoms with Gasteiger partial charge in [0.15, 0.2) is 5.78 Å². The van der Waals surface area contributed by atoms with Gasteiger partial charge in [-0.3, -0.25) is 9.69 Å². The van der Waals surface area contributed by atoms with Crippen LogP contribution in [-0.2, 0) is 0 Å². The number of carbonyl (C=O) groups excluding carboxylic acids is 1. The van der Waals surface area contributed by atoms with Crippen LogP contribution in [0, 0.1) is 0 Å². The number of nitrogens with zero attached hydrogens (tertiary/aromatic N) is 1. The van der Waals surface area contributed by atoms with E-state index in [9.17, 15) is 4.79 Å². The van der Waals surface area contributed by atoms with Crippen LogP contribution in [0.1, 0.15) is 30.1 Å².